The Balaban J connectivity index is 3.49. The van der Waals surface area contributed by atoms with Crippen molar-refractivity contribution in [2.45, 2.75) is 39.1 Å². The molecule has 4 nitrogen and oxygen atoms in total. The number of aliphatic hydroxyl groups is 1. The molecule has 0 spiro atoms. The molecule has 1 N–H and O–H groups in total. The fourth-order valence-electron chi connectivity index (χ4n) is 0.963. The molecule has 0 aromatic heterocycles. The summed E-state index contributed by atoms with van der Waals surface area (Å²) in [6.07, 6.45) is -0.0657. The second kappa shape index (κ2) is 8.57. The van der Waals surface area contributed by atoms with Gasteiger partial charge in [-0.3, -0.25) is 0 Å². The summed E-state index contributed by atoms with van der Waals surface area (Å²) in [6, 6.07) is 0. The summed E-state index contributed by atoms with van der Waals surface area (Å²) in [5.41, 5.74) is 0. The van der Waals surface area contributed by atoms with Crippen molar-refractivity contribution in [2.75, 3.05) is 19.8 Å². The zero-order valence-corrected chi connectivity index (χ0v) is 10.3. The lowest BCUT2D eigenvalue weighted by Gasteiger charge is -2.20. The molecule has 0 rings (SSSR count). The largest absolute Gasteiger partial charge is 0.394 e. The molecule has 0 aliphatic carbocycles. The first kappa shape index (κ1) is 14.3. The van der Waals surface area contributed by atoms with Crippen molar-refractivity contribution in [1.29, 1.82) is 0 Å². The van der Waals surface area contributed by atoms with Gasteiger partial charge in [0.25, 0.3) is 0 Å². The molecule has 0 saturated heterocycles. The van der Waals surface area contributed by atoms with Gasteiger partial charge in [0.15, 0.2) is 0 Å². The first-order chi connectivity index (χ1) is 6.60. The molecule has 0 amide bonds. The van der Waals surface area contributed by atoms with Gasteiger partial charge in [-0.1, -0.05) is 0 Å². The Morgan fingerprint density at radius 2 is 1.64 bits per heavy atom. The molecule has 0 bridgehead atoms. The zero-order valence-electron chi connectivity index (χ0n) is 9.10. The minimum absolute atomic E-state index is 0.0131. The van der Waals surface area contributed by atoms with Crippen LogP contribution in [0, 0.1) is 0 Å². The highest BCUT2D eigenvalue weighted by molar-refractivity contribution is 7.09. The highest BCUT2D eigenvalue weighted by Gasteiger charge is 2.10. The van der Waals surface area contributed by atoms with Crippen LogP contribution in [0.4, 0.5) is 0 Å². The molecule has 4 unspecified atom stereocenters. The summed E-state index contributed by atoms with van der Waals surface area (Å²) in [4.78, 5) is 0. The van der Waals surface area contributed by atoms with Crippen molar-refractivity contribution >= 4 is 9.47 Å². The molecular weight excluding hydrogens is 203 g/mol. The lowest BCUT2D eigenvalue weighted by molar-refractivity contribution is -0.0751. The van der Waals surface area contributed by atoms with Gasteiger partial charge >= 0.3 is 0 Å². The van der Waals surface area contributed by atoms with Crippen LogP contribution in [-0.2, 0) is 14.0 Å². The Kier molecular flexibility index (Phi) is 8.73. The summed E-state index contributed by atoms with van der Waals surface area (Å²) in [7, 11) is 2.19. The number of rotatable bonds is 8. The van der Waals surface area contributed by atoms with Crippen LogP contribution in [0.1, 0.15) is 20.8 Å². The van der Waals surface area contributed by atoms with E-state index in [1.165, 1.54) is 0 Å². The predicted octanol–water partition coefficient (Wildman–Crippen LogP) is 0.984. The van der Waals surface area contributed by atoms with Crippen LogP contribution >= 0.6 is 9.47 Å². The Bertz CT molecular complexity index is 134. The van der Waals surface area contributed by atoms with Crippen LogP contribution in [0.2, 0.25) is 0 Å². The van der Waals surface area contributed by atoms with Crippen molar-refractivity contribution in [3.63, 3.8) is 0 Å². The van der Waals surface area contributed by atoms with Gasteiger partial charge < -0.3 is 19.1 Å². The lowest BCUT2D eigenvalue weighted by atomic mass is 10.3. The maximum Gasteiger partial charge on any atom is 0.0788 e. The molecule has 86 valence electrons. The van der Waals surface area contributed by atoms with E-state index >= 15 is 0 Å². The third-order valence-corrected chi connectivity index (χ3v) is 1.86. The van der Waals surface area contributed by atoms with Crippen LogP contribution in [0.5, 0.6) is 0 Å². The van der Waals surface area contributed by atoms with Crippen molar-refractivity contribution in [2.24, 2.45) is 0 Å². The standard InChI is InChI=1S/C9H21O4P/c1-7(4-10)11-5-8(2)13-9(3)6-12-14/h7-10H,4-6,14H2,1-3H3. The predicted molar refractivity (Wildman–Crippen MR) is 58.2 cm³/mol. The number of hydrogen-bond acceptors (Lipinski definition) is 4. The molecule has 14 heavy (non-hydrogen) atoms. The Morgan fingerprint density at radius 1 is 1.07 bits per heavy atom. The van der Waals surface area contributed by atoms with E-state index in [0.717, 1.165) is 0 Å². The highest BCUT2D eigenvalue weighted by Crippen LogP contribution is 2.02. The first-order valence-corrected chi connectivity index (χ1v) is 5.26. The average Bonchev–Trinajstić information content (AvgIpc) is 2.14. The first-order valence-electron chi connectivity index (χ1n) is 4.79. The average molecular weight is 224 g/mol. The summed E-state index contributed by atoms with van der Waals surface area (Å²) in [5, 5.41) is 8.73. The Hall–Kier alpha value is 0.270. The fraction of sp³-hybridized carbons (Fsp3) is 1.00. The van der Waals surface area contributed by atoms with Gasteiger partial charge in [-0.25, -0.2) is 0 Å². The maximum absolute atomic E-state index is 8.73. The van der Waals surface area contributed by atoms with Crippen molar-refractivity contribution in [3.8, 4) is 0 Å². The number of aliphatic hydroxyl groups excluding tert-OH is 1. The SMILES string of the molecule is CC(CO)OCC(C)OC(C)COP. The van der Waals surface area contributed by atoms with Crippen LogP contribution in [0.25, 0.3) is 0 Å². The lowest BCUT2D eigenvalue weighted by Crippen LogP contribution is -2.27. The molecule has 0 aromatic carbocycles. The van der Waals surface area contributed by atoms with E-state index in [-0.39, 0.29) is 24.9 Å². The summed E-state index contributed by atoms with van der Waals surface area (Å²) < 4.78 is 15.7. The van der Waals surface area contributed by atoms with Crippen LogP contribution in [0.15, 0.2) is 0 Å². The van der Waals surface area contributed by atoms with Gasteiger partial charge in [0.05, 0.1) is 38.1 Å². The van der Waals surface area contributed by atoms with Crippen molar-refractivity contribution < 1.29 is 19.1 Å². The van der Waals surface area contributed by atoms with E-state index in [4.69, 9.17) is 19.1 Å². The molecular formula is C9H21O4P. The topological polar surface area (TPSA) is 47.9 Å². The van der Waals surface area contributed by atoms with E-state index in [2.05, 4.69) is 9.47 Å². The molecule has 0 radical (unpaired) electrons. The third kappa shape index (κ3) is 7.65. The van der Waals surface area contributed by atoms with Gasteiger partial charge in [-0.15, -0.1) is 0 Å². The van der Waals surface area contributed by atoms with E-state index in [1.54, 1.807) is 0 Å². The van der Waals surface area contributed by atoms with Crippen molar-refractivity contribution in [1.82, 2.24) is 0 Å². The minimum atomic E-state index is -0.130. The van der Waals surface area contributed by atoms with Gasteiger partial charge in [0, 0.05) is 9.47 Å². The van der Waals surface area contributed by atoms with Crippen LogP contribution in [-0.4, -0.2) is 43.2 Å². The second-order valence-electron chi connectivity index (χ2n) is 3.42. The molecule has 0 aromatic rings. The van der Waals surface area contributed by atoms with Crippen molar-refractivity contribution in [3.05, 3.63) is 0 Å². The fourth-order valence-corrected chi connectivity index (χ4v) is 1.23. The molecule has 0 aliphatic heterocycles. The Labute approximate surface area is 88.2 Å². The Morgan fingerprint density at radius 3 is 2.14 bits per heavy atom. The van der Waals surface area contributed by atoms with E-state index in [0.29, 0.717) is 13.2 Å². The molecule has 5 heteroatoms. The van der Waals surface area contributed by atoms with E-state index in [9.17, 15) is 0 Å². The van der Waals surface area contributed by atoms with Gasteiger partial charge in [0.1, 0.15) is 0 Å². The molecule has 0 fully saturated rings. The van der Waals surface area contributed by atoms with Crippen LogP contribution in [0.3, 0.4) is 0 Å². The smallest absolute Gasteiger partial charge is 0.0788 e. The van der Waals surface area contributed by atoms with E-state index in [1.807, 2.05) is 20.8 Å². The van der Waals surface area contributed by atoms with Gasteiger partial charge in [-0.2, -0.15) is 0 Å². The quantitative estimate of drug-likeness (QED) is 0.624. The minimum Gasteiger partial charge on any atom is -0.394 e. The van der Waals surface area contributed by atoms with E-state index < -0.39 is 0 Å². The number of ether oxygens (including phenoxy) is 2. The highest BCUT2D eigenvalue weighted by atomic mass is 31.0. The summed E-state index contributed by atoms with van der Waals surface area (Å²) in [5.74, 6) is 0. The maximum atomic E-state index is 8.73. The molecule has 4 atom stereocenters. The summed E-state index contributed by atoms with van der Waals surface area (Å²) in [6.45, 7) is 6.77. The van der Waals surface area contributed by atoms with Gasteiger partial charge in [0.2, 0.25) is 0 Å². The molecule has 0 saturated carbocycles. The molecule has 0 heterocycles. The summed E-state index contributed by atoms with van der Waals surface area (Å²) >= 11 is 0. The zero-order chi connectivity index (χ0) is 11.0. The monoisotopic (exact) mass is 224 g/mol. The van der Waals surface area contributed by atoms with Gasteiger partial charge in [-0.05, 0) is 20.8 Å². The third-order valence-electron chi connectivity index (χ3n) is 1.67. The number of hydrogen-bond donors (Lipinski definition) is 1. The second-order valence-corrected chi connectivity index (χ2v) is 3.75. The normalized spacial score (nSPS) is 17.8. The molecule has 0 aliphatic rings. The van der Waals surface area contributed by atoms with Crippen LogP contribution < -0.4 is 0 Å².